The van der Waals surface area contributed by atoms with Gasteiger partial charge in [-0.1, -0.05) is 17.7 Å². The highest BCUT2D eigenvalue weighted by Gasteiger charge is 2.11. The molecule has 6 nitrogen and oxygen atoms in total. The minimum atomic E-state index is -0.536. The number of nitrogens with zero attached hydrogens (tertiary/aromatic N) is 1. The van der Waals surface area contributed by atoms with Crippen molar-refractivity contribution in [1.82, 2.24) is 5.32 Å². The molecule has 1 aromatic carbocycles. The van der Waals surface area contributed by atoms with Crippen LogP contribution in [0.4, 0.5) is 5.69 Å². The van der Waals surface area contributed by atoms with Crippen LogP contribution in [0.25, 0.3) is 0 Å². The van der Waals surface area contributed by atoms with Gasteiger partial charge in [-0.25, -0.2) is 0 Å². The van der Waals surface area contributed by atoms with E-state index < -0.39 is 11.9 Å². The molecule has 0 spiro atoms. The van der Waals surface area contributed by atoms with Crippen molar-refractivity contribution in [2.24, 2.45) is 0 Å². The zero-order valence-corrected chi connectivity index (χ0v) is 12.9. The molecule has 0 saturated heterocycles. The quantitative estimate of drug-likeness (QED) is 0.475. The molecule has 0 atom stereocenters. The number of amides is 1. The average molecular weight is 301 g/mol. The molecule has 0 aliphatic carbocycles. The van der Waals surface area contributed by atoms with Gasteiger partial charge in [-0.15, -0.1) is 0 Å². The number of aryl methyl sites for hydroxylation is 2. The van der Waals surface area contributed by atoms with Crippen molar-refractivity contribution in [3.05, 3.63) is 41.1 Å². The van der Waals surface area contributed by atoms with Crippen LogP contribution in [0.3, 0.4) is 0 Å². The standard InChI is InChI=1S/C16H19N3O3/c1-4-22-15(20)10-18-9-13(8-17)16(21)19-14-6-5-11(2)7-12(14)3/h5-7,9,18H,4,10H2,1-3H3,(H,19,21)/b13-9-. The first-order chi connectivity index (χ1) is 10.5. The molecule has 0 bridgehead atoms. The van der Waals surface area contributed by atoms with Crippen LogP contribution in [-0.2, 0) is 14.3 Å². The zero-order chi connectivity index (χ0) is 16.5. The second-order valence-corrected chi connectivity index (χ2v) is 4.63. The number of hydrogen-bond acceptors (Lipinski definition) is 5. The highest BCUT2D eigenvalue weighted by Crippen LogP contribution is 2.16. The molecule has 116 valence electrons. The Morgan fingerprint density at radius 1 is 1.36 bits per heavy atom. The van der Waals surface area contributed by atoms with Crippen molar-refractivity contribution in [2.75, 3.05) is 18.5 Å². The van der Waals surface area contributed by atoms with Gasteiger partial charge >= 0.3 is 5.97 Å². The van der Waals surface area contributed by atoms with E-state index >= 15 is 0 Å². The number of nitrogens with one attached hydrogen (secondary N) is 2. The third-order valence-corrected chi connectivity index (χ3v) is 2.79. The number of nitriles is 1. The van der Waals surface area contributed by atoms with Crippen LogP contribution in [0, 0.1) is 25.2 Å². The van der Waals surface area contributed by atoms with Crippen LogP contribution in [0.1, 0.15) is 18.1 Å². The summed E-state index contributed by atoms with van der Waals surface area (Å²) in [7, 11) is 0. The van der Waals surface area contributed by atoms with Crippen molar-refractivity contribution < 1.29 is 14.3 Å². The molecular weight excluding hydrogens is 282 g/mol. The largest absolute Gasteiger partial charge is 0.465 e. The van der Waals surface area contributed by atoms with Crippen LogP contribution in [-0.4, -0.2) is 25.0 Å². The van der Waals surface area contributed by atoms with Gasteiger partial charge in [0.2, 0.25) is 0 Å². The lowest BCUT2D eigenvalue weighted by Gasteiger charge is -2.08. The first kappa shape index (κ1) is 17.2. The Morgan fingerprint density at radius 2 is 2.09 bits per heavy atom. The molecule has 0 radical (unpaired) electrons. The van der Waals surface area contributed by atoms with Gasteiger partial charge in [-0.2, -0.15) is 5.26 Å². The first-order valence-electron chi connectivity index (χ1n) is 6.85. The molecule has 0 aliphatic rings. The fraction of sp³-hybridized carbons (Fsp3) is 0.312. The topological polar surface area (TPSA) is 91.2 Å². The highest BCUT2D eigenvalue weighted by atomic mass is 16.5. The van der Waals surface area contributed by atoms with Gasteiger partial charge in [0.25, 0.3) is 5.91 Å². The molecule has 0 fully saturated rings. The van der Waals surface area contributed by atoms with Crippen LogP contribution in [0.15, 0.2) is 30.0 Å². The molecular formula is C16H19N3O3. The predicted molar refractivity (Wildman–Crippen MR) is 82.9 cm³/mol. The lowest BCUT2D eigenvalue weighted by molar-refractivity contribution is -0.141. The summed E-state index contributed by atoms with van der Waals surface area (Å²) < 4.78 is 4.73. The first-order valence-corrected chi connectivity index (χ1v) is 6.85. The number of anilines is 1. The summed E-state index contributed by atoms with van der Waals surface area (Å²) in [5, 5.41) is 14.3. The Hall–Kier alpha value is -2.81. The van der Waals surface area contributed by atoms with Gasteiger partial charge in [0, 0.05) is 11.9 Å². The summed E-state index contributed by atoms with van der Waals surface area (Å²) in [5.41, 5.74) is 2.51. The van der Waals surface area contributed by atoms with E-state index in [1.54, 1.807) is 19.1 Å². The van der Waals surface area contributed by atoms with Crippen LogP contribution >= 0.6 is 0 Å². The Bertz CT molecular complexity index is 630. The van der Waals surface area contributed by atoms with Crippen molar-refractivity contribution in [3.63, 3.8) is 0 Å². The molecule has 0 saturated carbocycles. The van der Waals surface area contributed by atoms with E-state index in [-0.39, 0.29) is 18.7 Å². The van der Waals surface area contributed by atoms with Gasteiger partial charge in [0.05, 0.1) is 6.61 Å². The van der Waals surface area contributed by atoms with E-state index in [9.17, 15) is 9.59 Å². The summed E-state index contributed by atoms with van der Waals surface area (Å²) in [6, 6.07) is 7.38. The average Bonchev–Trinajstić information content (AvgIpc) is 2.46. The molecule has 0 heterocycles. The van der Waals surface area contributed by atoms with E-state index in [1.165, 1.54) is 6.20 Å². The van der Waals surface area contributed by atoms with Crippen LogP contribution in [0.5, 0.6) is 0 Å². The summed E-state index contributed by atoms with van der Waals surface area (Å²) in [6.45, 7) is 5.71. The van der Waals surface area contributed by atoms with Gasteiger partial charge in [-0.05, 0) is 32.4 Å². The van der Waals surface area contributed by atoms with Crippen LogP contribution < -0.4 is 10.6 Å². The van der Waals surface area contributed by atoms with E-state index in [4.69, 9.17) is 10.00 Å². The van der Waals surface area contributed by atoms with Gasteiger partial charge in [-0.3, -0.25) is 9.59 Å². The number of rotatable bonds is 6. The molecule has 2 N–H and O–H groups in total. The Kier molecular flexibility index (Phi) is 6.64. The maximum Gasteiger partial charge on any atom is 0.325 e. The lowest BCUT2D eigenvalue weighted by atomic mass is 10.1. The Morgan fingerprint density at radius 3 is 2.68 bits per heavy atom. The number of benzene rings is 1. The molecule has 0 aliphatic heterocycles. The van der Waals surface area contributed by atoms with Gasteiger partial charge < -0.3 is 15.4 Å². The summed E-state index contributed by atoms with van der Waals surface area (Å²) in [5.74, 6) is -0.989. The Balaban J connectivity index is 2.68. The maximum atomic E-state index is 12.0. The second-order valence-electron chi connectivity index (χ2n) is 4.63. The molecule has 1 aromatic rings. The molecule has 0 unspecified atom stereocenters. The monoisotopic (exact) mass is 301 g/mol. The van der Waals surface area contributed by atoms with Crippen molar-refractivity contribution in [2.45, 2.75) is 20.8 Å². The summed E-state index contributed by atoms with van der Waals surface area (Å²) in [6.07, 6.45) is 1.20. The molecule has 1 amide bonds. The highest BCUT2D eigenvalue weighted by molar-refractivity contribution is 6.06. The number of ether oxygens (including phenoxy) is 1. The SMILES string of the molecule is CCOC(=O)CN/C=C(/C#N)C(=O)Nc1ccc(C)cc1C. The summed E-state index contributed by atoms with van der Waals surface area (Å²) >= 11 is 0. The third-order valence-electron chi connectivity index (χ3n) is 2.79. The minimum absolute atomic E-state index is 0.101. The molecule has 6 heteroatoms. The fourth-order valence-electron chi connectivity index (χ4n) is 1.74. The molecule has 1 rings (SSSR count). The maximum absolute atomic E-state index is 12.0. The van der Waals surface area contributed by atoms with Gasteiger partial charge in [0.15, 0.2) is 0 Å². The number of esters is 1. The Labute approximate surface area is 129 Å². The number of carbonyl (C=O) groups excluding carboxylic acids is 2. The summed E-state index contributed by atoms with van der Waals surface area (Å²) in [4.78, 5) is 23.2. The third kappa shape index (κ3) is 5.29. The van der Waals surface area contributed by atoms with Crippen molar-refractivity contribution in [3.8, 4) is 6.07 Å². The predicted octanol–water partition coefficient (Wildman–Crippen LogP) is 1.80. The zero-order valence-electron chi connectivity index (χ0n) is 12.9. The van der Waals surface area contributed by atoms with Crippen molar-refractivity contribution >= 4 is 17.6 Å². The number of hydrogen-bond donors (Lipinski definition) is 2. The van der Waals surface area contributed by atoms with E-state index in [1.807, 2.05) is 26.0 Å². The number of carbonyl (C=O) groups is 2. The molecule has 0 aromatic heterocycles. The minimum Gasteiger partial charge on any atom is -0.465 e. The van der Waals surface area contributed by atoms with E-state index in [2.05, 4.69) is 10.6 Å². The smallest absolute Gasteiger partial charge is 0.325 e. The molecule has 22 heavy (non-hydrogen) atoms. The fourth-order valence-corrected chi connectivity index (χ4v) is 1.74. The lowest BCUT2D eigenvalue weighted by Crippen LogP contribution is -2.23. The van der Waals surface area contributed by atoms with Crippen LogP contribution in [0.2, 0.25) is 0 Å². The van der Waals surface area contributed by atoms with E-state index in [0.717, 1.165) is 11.1 Å². The van der Waals surface area contributed by atoms with Crippen molar-refractivity contribution in [1.29, 1.82) is 5.26 Å². The van der Waals surface area contributed by atoms with Gasteiger partial charge in [0.1, 0.15) is 18.2 Å². The van der Waals surface area contributed by atoms with E-state index in [0.29, 0.717) is 5.69 Å². The second kappa shape index (κ2) is 8.47. The normalized spacial score (nSPS) is 10.5.